The molecule has 45 heavy (non-hydrogen) atoms. The summed E-state index contributed by atoms with van der Waals surface area (Å²) >= 11 is 0. The number of carbonyl (C=O) groups is 2. The number of amides is 2. The van der Waals surface area contributed by atoms with Crippen molar-refractivity contribution in [3.8, 4) is 0 Å². The molecule has 3 aliphatic rings. The quantitative estimate of drug-likeness (QED) is 0.439. The monoisotopic (exact) mass is 650 g/mol. The van der Waals surface area contributed by atoms with Crippen LogP contribution in [0.5, 0.6) is 0 Å². The average molecular weight is 651 g/mol. The summed E-state index contributed by atoms with van der Waals surface area (Å²) in [6, 6.07) is 6.41. The Hall–Kier alpha value is -3.62. The van der Waals surface area contributed by atoms with Gasteiger partial charge >= 0.3 is 0 Å². The zero-order valence-electron chi connectivity index (χ0n) is 24.8. The lowest BCUT2D eigenvalue weighted by molar-refractivity contribution is -0.124. The molecular formula is C31H34F4N4O5S. The maximum Gasteiger partial charge on any atom is 0.266 e. The summed E-state index contributed by atoms with van der Waals surface area (Å²) in [5.41, 5.74) is -0.935. The van der Waals surface area contributed by atoms with Crippen LogP contribution in [-0.2, 0) is 14.8 Å². The van der Waals surface area contributed by atoms with Crippen LogP contribution in [-0.4, -0.2) is 84.4 Å². The van der Waals surface area contributed by atoms with Crippen molar-refractivity contribution in [3.05, 3.63) is 74.9 Å². The Balaban J connectivity index is 1.26. The Labute approximate surface area is 258 Å². The number of halogens is 4. The van der Waals surface area contributed by atoms with Crippen molar-refractivity contribution in [2.45, 2.75) is 57.1 Å². The fourth-order valence-electron chi connectivity index (χ4n) is 6.00. The van der Waals surface area contributed by atoms with E-state index in [9.17, 15) is 40.7 Å². The molecule has 2 N–H and O–H groups in total. The first-order valence-electron chi connectivity index (χ1n) is 14.5. The highest BCUT2D eigenvalue weighted by Crippen LogP contribution is 2.33. The van der Waals surface area contributed by atoms with Crippen LogP contribution in [0, 0.1) is 19.7 Å². The summed E-state index contributed by atoms with van der Waals surface area (Å²) < 4.78 is 80.9. The molecule has 0 aliphatic carbocycles. The van der Waals surface area contributed by atoms with Gasteiger partial charge in [-0.05, 0) is 92.6 Å². The van der Waals surface area contributed by atoms with Crippen LogP contribution in [0.1, 0.15) is 70.3 Å². The normalized spacial score (nSPS) is 20.2. The summed E-state index contributed by atoms with van der Waals surface area (Å²) in [4.78, 5) is 32.0. The van der Waals surface area contributed by atoms with Crippen molar-refractivity contribution in [1.29, 1.82) is 0 Å². The van der Waals surface area contributed by atoms with Gasteiger partial charge in [0.15, 0.2) is 0 Å². The van der Waals surface area contributed by atoms with Crippen molar-refractivity contribution < 1.29 is 40.7 Å². The highest BCUT2D eigenvalue weighted by atomic mass is 32.2. The molecule has 1 spiro atoms. The third kappa shape index (κ3) is 6.54. The average Bonchev–Trinajstić information content (AvgIpc) is 3.31. The van der Waals surface area contributed by atoms with Gasteiger partial charge in [-0.25, -0.2) is 26.0 Å². The molecule has 2 amide bonds. The number of likely N-dealkylation sites (tertiary alicyclic amines) is 1. The van der Waals surface area contributed by atoms with E-state index in [0.717, 1.165) is 17.5 Å². The predicted octanol–water partition coefficient (Wildman–Crippen LogP) is 4.03. The van der Waals surface area contributed by atoms with E-state index in [1.54, 1.807) is 30.9 Å². The van der Waals surface area contributed by atoms with Gasteiger partial charge in [-0.1, -0.05) is 0 Å². The lowest BCUT2D eigenvalue weighted by Gasteiger charge is -2.36. The molecule has 0 atom stereocenters. The SMILES string of the molecule is Cc1cc(C(=O)N2CCC(O)(CF)CC2)cc(C)c1C=CS(=O)(=O)N1CCC2(CC1)N=C(c1ccc(F)c(C(F)F)c1)NC2=O. The Kier molecular flexibility index (Phi) is 8.95. The minimum atomic E-state index is -3.90. The number of aryl methyl sites for hydroxylation is 2. The molecule has 242 valence electrons. The number of hydrogen-bond acceptors (Lipinski definition) is 6. The predicted molar refractivity (Wildman–Crippen MR) is 160 cm³/mol. The molecule has 0 radical (unpaired) electrons. The van der Waals surface area contributed by atoms with E-state index in [1.807, 2.05) is 0 Å². The van der Waals surface area contributed by atoms with Crippen molar-refractivity contribution >= 4 is 33.7 Å². The van der Waals surface area contributed by atoms with E-state index in [1.165, 1.54) is 16.4 Å². The molecule has 0 aromatic heterocycles. The van der Waals surface area contributed by atoms with Gasteiger partial charge in [0.05, 0.1) is 11.2 Å². The van der Waals surface area contributed by atoms with Crippen molar-refractivity contribution in [2.24, 2.45) is 4.99 Å². The number of rotatable bonds is 7. The van der Waals surface area contributed by atoms with Crippen LogP contribution >= 0.6 is 0 Å². The van der Waals surface area contributed by atoms with E-state index >= 15 is 0 Å². The van der Waals surface area contributed by atoms with Gasteiger partial charge < -0.3 is 15.3 Å². The van der Waals surface area contributed by atoms with Crippen molar-refractivity contribution in [1.82, 2.24) is 14.5 Å². The number of sulfonamides is 1. The number of aliphatic hydroxyl groups is 1. The third-order valence-electron chi connectivity index (χ3n) is 8.87. The van der Waals surface area contributed by atoms with E-state index in [2.05, 4.69) is 10.3 Å². The number of benzene rings is 2. The van der Waals surface area contributed by atoms with Crippen LogP contribution < -0.4 is 5.32 Å². The van der Waals surface area contributed by atoms with E-state index in [0.29, 0.717) is 22.3 Å². The largest absolute Gasteiger partial charge is 0.387 e. The number of hydrogen-bond donors (Lipinski definition) is 2. The lowest BCUT2D eigenvalue weighted by Crippen LogP contribution is -2.50. The molecule has 9 nitrogen and oxygen atoms in total. The lowest BCUT2D eigenvalue weighted by atomic mass is 9.89. The maximum absolute atomic E-state index is 13.7. The minimum Gasteiger partial charge on any atom is -0.387 e. The van der Waals surface area contributed by atoms with Crippen LogP contribution in [0.15, 0.2) is 40.7 Å². The topological polar surface area (TPSA) is 119 Å². The number of piperidine rings is 2. The van der Waals surface area contributed by atoms with E-state index < -0.39 is 51.6 Å². The Bertz CT molecular complexity index is 1660. The van der Waals surface area contributed by atoms with Gasteiger partial charge in [0.25, 0.3) is 18.2 Å². The number of nitrogens with one attached hydrogen (secondary N) is 1. The maximum atomic E-state index is 13.7. The molecule has 2 aromatic rings. The standard InChI is InChI=1S/C31H34F4N4O5S/c1-19-15-22(28(40)38-10-6-30(42,18-32)7-11-38)16-20(2)23(19)5-14-45(43,44)39-12-8-31(9-13-39)29(41)36-27(37-31)21-3-4-25(33)24(17-21)26(34)35/h3-5,14-17,26,42H,6-13,18H2,1-2H3,(H,36,37,41). The zero-order chi connectivity index (χ0) is 32.7. The smallest absolute Gasteiger partial charge is 0.266 e. The number of alkyl halides is 3. The van der Waals surface area contributed by atoms with Gasteiger partial charge in [0, 0.05) is 42.7 Å². The van der Waals surface area contributed by atoms with E-state index in [-0.39, 0.29) is 69.2 Å². The van der Waals surface area contributed by atoms with Gasteiger partial charge in [-0.2, -0.15) is 4.31 Å². The summed E-state index contributed by atoms with van der Waals surface area (Å²) in [6.45, 7) is 3.10. The molecule has 0 bridgehead atoms. The minimum absolute atomic E-state index is 0.0126. The highest BCUT2D eigenvalue weighted by Gasteiger charge is 2.47. The summed E-state index contributed by atoms with van der Waals surface area (Å²) in [7, 11) is -3.90. The highest BCUT2D eigenvalue weighted by molar-refractivity contribution is 7.92. The molecular weight excluding hydrogens is 616 g/mol. The number of carbonyl (C=O) groups excluding carboxylic acids is 2. The van der Waals surface area contributed by atoms with Gasteiger partial charge in [-0.15, -0.1) is 0 Å². The number of amidine groups is 1. The number of aliphatic imine (C=N–C) groups is 1. The summed E-state index contributed by atoms with van der Waals surface area (Å²) in [6.07, 6.45) is -1.15. The van der Waals surface area contributed by atoms with Gasteiger partial charge in [0.2, 0.25) is 10.0 Å². The first-order chi connectivity index (χ1) is 21.2. The molecule has 3 heterocycles. The van der Waals surface area contributed by atoms with Crippen LogP contribution in [0.4, 0.5) is 17.6 Å². The summed E-state index contributed by atoms with van der Waals surface area (Å²) in [5.74, 6) is -1.75. The molecule has 14 heteroatoms. The molecule has 5 rings (SSSR count). The van der Waals surface area contributed by atoms with Crippen molar-refractivity contribution in [3.63, 3.8) is 0 Å². The second-order valence-corrected chi connectivity index (χ2v) is 13.7. The third-order valence-corrected chi connectivity index (χ3v) is 10.4. The van der Waals surface area contributed by atoms with Gasteiger partial charge in [0.1, 0.15) is 23.9 Å². The first kappa shape index (κ1) is 32.8. The molecule has 2 aromatic carbocycles. The molecule has 3 aliphatic heterocycles. The Morgan fingerprint density at radius 1 is 1.07 bits per heavy atom. The zero-order valence-corrected chi connectivity index (χ0v) is 25.6. The first-order valence-corrected chi connectivity index (χ1v) is 16.0. The van der Waals surface area contributed by atoms with Crippen LogP contribution in [0.2, 0.25) is 0 Å². The Morgan fingerprint density at radius 3 is 2.27 bits per heavy atom. The summed E-state index contributed by atoms with van der Waals surface area (Å²) in [5, 5.41) is 13.8. The fraction of sp³-hybridized carbons (Fsp3) is 0.452. The number of nitrogens with zero attached hydrogens (tertiary/aromatic N) is 3. The van der Waals surface area contributed by atoms with Crippen LogP contribution in [0.3, 0.4) is 0 Å². The van der Waals surface area contributed by atoms with Crippen molar-refractivity contribution in [2.75, 3.05) is 32.9 Å². The molecule has 2 fully saturated rings. The second kappa shape index (κ2) is 12.3. The molecule has 2 saturated heterocycles. The molecule has 0 saturated carbocycles. The fourth-order valence-corrected chi connectivity index (χ4v) is 7.18. The second-order valence-electron chi connectivity index (χ2n) is 11.9. The van der Waals surface area contributed by atoms with Crippen LogP contribution in [0.25, 0.3) is 6.08 Å². The molecule has 0 unspecified atom stereocenters. The van der Waals surface area contributed by atoms with Gasteiger partial charge in [-0.3, -0.25) is 14.6 Å². The Morgan fingerprint density at radius 2 is 1.69 bits per heavy atom. The van der Waals surface area contributed by atoms with E-state index in [4.69, 9.17) is 0 Å².